The zero-order valence-corrected chi connectivity index (χ0v) is 9.34. The van der Waals surface area contributed by atoms with E-state index in [9.17, 15) is 0 Å². The van der Waals surface area contributed by atoms with Gasteiger partial charge in [-0.2, -0.15) is 0 Å². The van der Waals surface area contributed by atoms with Gasteiger partial charge in [-0.3, -0.25) is 0 Å². The third-order valence-corrected chi connectivity index (χ3v) is 2.36. The predicted molar refractivity (Wildman–Crippen MR) is 59.5 cm³/mol. The highest BCUT2D eigenvalue weighted by Crippen LogP contribution is 2.35. The summed E-state index contributed by atoms with van der Waals surface area (Å²) in [6.45, 7) is 0.261. The van der Waals surface area contributed by atoms with Crippen molar-refractivity contribution in [2.24, 2.45) is 0 Å². The highest BCUT2D eigenvalue weighted by atomic mass is 32.1. The molecule has 1 aromatic rings. The normalized spacial score (nSPS) is 12.4. The lowest BCUT2D eigenvalue weighted by atomic mass is 10.3. The van der Waals surface area contributed by atoms with Gasteiger partial charge in [-0.15, -0.1) is 0 Å². The minimum absolute atomic E-state index is 0.261. The van der Waals surface area contributed by atoms with Crippen LogP contribution in [0.15, 0.2) is 18.2 Å². The van der Waals surface area contributed by atoms with Crippen molar-refractivity contribution < 1.29 is 14.2 Å². The van der Waals surface area contributed by atoms with E-state index in [1.807, 2.05) is 14.1 Å². The summed E-state index contributed by atoms with van der Waals surface area (Å²) in [5.41, 5.74) is 0. The molecule has 0 radical (unpaired) electrons. The number of hydrogen-bond donors (Lipinski definition) is 0. The average molecular weight is 225 g/mol. The molecule has 5 heteroatoms. The van der Waals surface area contributed by atoms with E-state index in [1.165, 1.54) is 0 Å². The van der Waals surface area contributed by atoms with Gasteiger partial charge in [-0.05, 0) is 24.4 Å². The molecule has 1 heterocycles. The zero-order valence-electron chi connectivity index (χ0n) is 8.52. The van der Waals surface area contributed by atoms with Crippen LogP contribution in [0, 0.1) is 0 Å². The number of fused-ring (bicyclic) bond motifs is 1. The molecule has 0 fully saturated rings. The largest absolute Gasteiger partial charge is 0.454 e. The van der Waals surface area contributed by atoms with Gasteiger partial charge in [-0.1, -0.05) is 0 Å². The molecule has 0 atom stereocenters. The van der Waals surface area contributed by atoms with E-state index in [1.54, 1.807) is 23.1 Å². The number of thiocarbonyl (C=S) groups is 1. The maximum absolute atomic E-state index is 5.42. The molecule has 0 unspecified atom stereocenters. The third kappa shape index (κ3) is 2.12. The van der Waals surface area contributed by atoms with Gasteiger partial charge < -0.3 is 19.1 Å². The standard InChI is InChI=1S/C10H11NO3S/c1-11(2)10(15)14-7-3-4-8-9(5-7)13-6-12-8/h3-5H,6H2,1-2H3. The van der Waals surface area contributed by atoms with Crippen LogP contribution < -0.4 is 14.2 Å². The first-order valence-corrected chi connectivity index (χ1v) is 4.86. The van der Waals surface area contributed by atoms with E-state index < -0.39 is 0 Å². The third-order valence-electron chi connectivity index (χ3n) is 1.91. The van der Waals surface area contributed by atoms with Crippen molar-refractivity contribution in [3.8, 4) is 17.2 Å². The lowest BCUT2D eigenvalue weighted by molar-refractivity contribution is 0.174. The number of hydrogen-bond acceptors (Lipinski definition) is 4. The first-order chi connectivity index (χ1) is 7.16. The molecule has 80 valence electrons. The summed E-state index contributed by atoms with van der Waals surface area (Å²) < 4.78 is 15.8. The topological polar surface area (TPSA) is 30.9 Å². The lowest BCUT2D eigenvalue weighted by Crippen LogP contribution is -2.24. The monoisotopic (exact) mass is 225 g/mol. The Morgan fingerprint density at radius 2 is 2.07 bits per heavy atom. The van der Waals surface area contributed by atoms with Crippen molar-refractivity contribution in [1.29, 1.82) is 0 Å². The highest BCUT2D eigenvalue weighted by molar-refractivity contribution is 7.80. The van der Waals surface area contributed by atoms with Crippen molar-refractivity contribution in [2.45, 2.75) is 0 Å². The maximum atomic E-state index is 5.42. The minimum Gasteiger partial charge on any atom is -0.454 e. The Kier molecular flexibility index (Phi) is 2.64. The highest BCUT2D eigenvalue weighted by Gasteiger charge is 2.14. The minimum atomic E-state index is 0.261. The molecule has 1 aliphatic heterocycles. The van der Waals surface area contributed by atoms with E-state index >= 15 is 0 Å². The fourth-order valence-corrected chi connectivity index (χ4v) is 1.23. The van der Waals surface area contributed by atoms with Gasteiger partial charge in [0.05, 0.1) is 0 Å². The first-order valence-electron chi connectivity index (χ1n) is 4.45. The molecule has 0 aliphatic carbocycles. The van der Waals surface area contributed by atoms with Gasteiger partial charge in [-0.25, -0.2) is 0 Å². The Balaban J connectivity index is 2.13. The van der Waals surface area contributed by atoms with Crippen LogP contribution in [0.2, 0.25) is 0 Å². The summed E-state index contributed by atoms with van der Waals surface area (Å²) in [7, 11) is 3.66. The number of rotatable bonds is 1. The molecule has 0 N–H and O–H groups in total. The van der Waals surface area contributed by atoms with E-state index in [4.69, 9.17) is 26.4 Å². The Bertz CT molecular complexity index is 392. The molecule has 0 saturated carbocycles. The Morgan fingerprint density at radius 1 is 1.33 bits per heavy atom. The van der Waals surface area contributed by atoms with Crippen molar-refractivity contribution in [3.63, 3.8) is 0 Å². The van der Waals surface area contributed by atoms with Crippen LogP contribution in [0.5, 0.6) is 17.2 Å². The van der Waals surface area contributed by atoms with Gasteiger partial charge in [0.15, 0.2) is 11.5 Å². The first kappa shape index (κ1) is 10.0. The Labute approximate surface area is 93.3 Å². The molecule has 0 amide bonds. The molecule has 4 nitrogen and oxygen atoms in total. The van der Waals surface area contributed by atoms with Crippen LogP contribution >= 0.6 is 12.2 Å². The molecule has 0 bridgehead atoms. The SMILES string of the molecule is CN(C)C(=S)Oc1ccc2c(c1)OCO2. The fraction of sp³-hybridized carbons (Fsp3) is 0.300. The van der Waals surface area contributed by atoms with Crippen molar-refractivity contribution in [3.05, 3.63) is 18.2 Å². The lowest BCUT2D eigenvalue weighted by Gasteiger charge is -2.14. The zero-order chi connectivity index (χ0) is 10.8. The van der Waals surface area contributed by atoms with E-state index in [-0.39, 0.29) is 6.79 Å². The second kappa shape index (κ2) is 3.94. The number of ether oxygens (including phenoxy) is 3. The van der Waals surface area contributed by atoms with Crippen LogP contribution in [0.4, 0.5) is 0 Å². The quantitative estimate of drug-likeness (QED) is 0.678. The van der Waals surface area contributed by atoms with Gasteiger partial charge in [0.25, 0.3) is 5.17 Å². The van der Waals surface area contributed by atoms with Crippen LogP contribution in [-0.4, -0.2) is 31.0 Å². The van der Waals surface area contributed by atoms with Crippen LogP contribution in [-0.2, 0) is 0 Å². The smallest absolute Gasteiger partial charge is 0.264 e. The van der Waals surface area contributed by atoms with E-state index in [0.717, 1.165) is 5.75 Å². The second-order valence-electron chi connectivity index (χ2n) is 3.28. The van der Waals surface area contributed by atoms with Crippen LogP contribution in [0.25, 0.3) is 0 Å². The van der Waals surface area contributed by atoms with Crippen LogP contribution in [0.1, 0.15) is 0 Å². The molecular weight excluding hydrogens is 214 g/mol. The predicted octanol–water partition coefficient (Wildman–Crippen LogP) is 1.64. The van der Waals surface area contributed by atoms with Crippen LogP contribution in [0.3, 0.4) is 0 Å². The van der Waals surface area contributed by atoms with Crippen molar-refractivity contribution >= 4 is 17.4 Å². The van der Waals surface area contributed by atoms with E-state index in [2.05, 4.69) is 0 Å². The number of nitrogens with zero attached hydrogens (tertiary/aromatic N) is 1. The molecule has 0 aromatic heterocycles. The molecule has 0 saturated heterocycles. The Morgan fingerprint density at radius 3 is 2.80 bits per heavy atom. The molecule has 1 aromatic carbocycles. The second-order valence-corrected chi connectivity index (χ2v) is 3.63. The molecular formula is C10H11NO3S. The summed E-state index contributed by atoms with van der Waals surface area (Å²) >= 11 is 5.02. The summed E-state index contributed by atoms with van der Waals surface area (Å²) in [5.74, 6) is 2.07. The van der Waals surface area contributed by atoms with Gasteiger partial charge >= 0.3 is 0 Å². The summed E-state index contributed by atoms with van der Waals surface area (Å²) in [6.07, 6.45) is 0. The summed E-state index contributed by atoms with van der Waals surface area (Å²) in [6, 6.07) is 5.36. The summed E-state index contributed by atoms with van der Waals surface area (Å²) in [4.78, 5) is 1.72. The van der Waals surface area contributed by atoms with Gasteiger partial charge in [0.1, 0.15) is 5.75 Å². The van der Waals surface area contributed by atoms with Crippen molar-refractivity contribution in [2.75, 3.05) is 20.9 Å². The summed E-state index contributed by atoms with van der Waals surface area (Å²) in [5, 5.41) is 0.411. The van der Waals surface area contributed by atoms with Gasteiger partial charge in [0.2, 0.25) is 6.79 Å². The van der Waals surface area contributed by atoms with E-state index in [0.29, 0.717) is 16.7 Å². The van der Waals surface area contributed by atoms with Crippen molar-refractivity contribution in [1.82, 2.24) is 4.90 Å². The average Bonchev–Trinajstić information content (AvgIpc) is 2.64. The maximum Gasteiger partial charge on any atom is 0.264 e. The molecule has 1 aliphatic rings. The molecule has 15 heavy (non-hydrogen) atoms. The number of benzene rings is 1. The molecule has 0 spiro atoms. The Hall–Kier alpha value is -1.49. The fourth-order valence-electron chi connectivity index (χ4n) is 1.13. The molecule has 2 rings (SSSR count). The van der Waals surface area contributed by atoms with Gasteiger partial charge in [0, 0.05) is 20.2 Å².